The molecule has 0 fully saturated rings. The van der Waals surface area contributed by atoms with Gasteiger partial charge < -0.3 is 13.2 Å². The van der Waals surface area contributed by atoms with Crippen molar-refractivity contribution < 1.29 is 0 Å². The zero-order valence-electron chi connectivity index (χ0n) is 27.9. The number of rotatable bonds is 6. The van der Waals surface area contributed by atoms with E-state index in [2.05, 4.69) is 214 Å². The molecule has 3 heteroatoms. The van der Waals surface area contributed by atoms with Gasteiger partial charge in [-0.3, -0.25) is 0 Å². The Bertz CT molecular complexity index is 2510. The van der Waals surface area contributed by atoms with Crippen LogP contribution in [0.4, 0.5) is 0 Å². The summed E-state index contributed by atoms with van der Waals surface area (Å²) < 4.78 is 7.00. The van der Waals surface area contributed by atoms with E-state index in [0.29, 0.717) is 0 Å². The maximum absolute atomic E-state index is 2.35. The first-order chi connectivity index (χ1) is 25.2. The Morgan fingerprint density at radius 3 is 0.804 bits per heavy atom. The lowest BCUT2D eigenvalue weighted by Gasteiger charge is -2.15. The Morgan fingerprint density at radius 2 is 0.510 bits per heavy atom. The van der Waals surface area contributed by atoms with Crippen molar-refractivity contribution in [2.75, 3.05) is 0 Å². The van der Waals surface area contributed by atoms with Crippen molar-refractivity contribution >= 4 is 16.6 Å². The summed E-state index contributed by atoms with van der Waals surface area (Å²) >= 11 is 0. The molecular formula is C48H33N3. The fraction of sp³-hybridized carbons (Fsp3) is 0. The molecule has 6 heterocycles. The molecule has 10 rings (SSSR count). The molecule has 240 valence electrons. The summed E-state index contributed by atoms with van der Waals surface area (Å²) in [6.45, 7) is 0. The molecule has 0 unspecified atom stereocenters. The molecule has 0 aliphatic rings. The number of hydrogen-bond acceptors (Lipinski definition) is 0. The van der Waals surface area contributed by atoms with Crippen molar-refractivity contribution in [3.8, 4) is 67.2 Å². The summed E-state index contributed by atoms with van der Waals surface area (Å²) in [5, 5.41) is 0. The molecule has 0 amide bonds. The number of pyridine rings is 3. The molecule has 0 saturated heterocycles. The Hall–Kier alpha value is -6.84. The van der Waals surface area contributed by atoms with Gasteiger partial charge in [0.15, 0.2) is 0 Å². The van der Waals surface area contributed by atoms with Gasteiger partial charge in [0.1, 0.15) is 0 Å². The van der Waals surface area contributed by atoms with Gasteiger partial charge in [0.05, 0.1) is 17.1 Å². The van der Waals surface area contributed by atoms with Gasteiger partial charge in [0.2, 0.25) is 0 Å². The first kappa shape index (κ1) is 29.1. The molecule has 0 saturated carbocycles. The lowest BCUT2D eigenvalue weighted by atomic mass is 9.98. The van der Waals surface area contributed by atoms with E-state index < -0.39 is 0 Å². The summed E-state index contributed by atoms with van der Waals surface area (Å²) in [5.41, 5.74) is 17.6. The van der Waals surface area contributed by atoms with Gasteiger partial charge in [-0.25, -0.2) is 0 Å². The molecule has 6 aromatic heterocycles. The Morgan fingerprint density at radius 1 is 0.216 bits per heavy atom. The number of fused-ring (bicyclic) bond motifs is 3. The van der Waals surface area contributed by atoms with E-state index >= 15 is 0 Å². The highest BCUT2D eigenvalue weighted by Crippen LogP contribution is 2.37. The predicted molar refractivity (Wildman–Crippen MR) is 212 cm³/mol. The van der Waals surface area contributed by atoms with Gasteiger partial charge in [-0.1, -0.05) is 109 Å². The normalized spacial score (nSPS) is 11.5. The minimum Gasteiger partial charge on any atom is -0.316 e. The fourth-order valence-electron chi connectivity index (χ4n) is 7.55. The van der Waals surface area contributed by atoms with E-state index in [0.717, 1.165) is 33.8 Å². The smallest absolute Gasteiger partial charge is 0.0528 e. The minimum absolute atomic E-state index is 1.15. The molecule has 10 aromatic rings. The molecule has 0 aliphatic heterocycles. The van der Waals surface area contributed by atoms with Crippen LogP contribution in [0.1, 0.15) is 0 Å². The standard InChI is InChI=1S/C48H33N3/c1-4-13-34(14-5-1)40-28-43-19-10-22-46(49(43)31-40)37-25-38(47-23-11-20-44-29-41(32-50(44)47)35-15-6-2-7-16-35)27-39(26-37)48-24-12-21-45-30-42(33-51(45)48)36-17-8-3-9-18-36/h1-33H. The zero-order chi connectivity index (χ0) is 33.7. The quantitative estimate of drug-likeness (QED) is 0.170. The van der Waals surface area contributed by atoms with Crippen LogP contribution < -0.4 is 0 Å². The summed E-state index contributed by atoms with van der Waals surface area (Å²) in [4.78, 5) is 0. The average Bonchev–Trinajstić information content (AvgIpc) is 3.96. The van der Waals surface area contributed by atoms with Crippen LogP contribution in [0.2, 0.25) is 0 Å². The Labute approximate surface area is 296 Å². The maximum Gasteiger partial charge on any atom is 0.0528 e. The van der Waals surface area contributed by atoms with Gasteiger partial charge in [0, 0.05) is 51.8 Å². The monoisotopic (exact) mass is 651 g/mol. The maximum atomic E-state index is 2.35. The van der Waals surface area contributed by atoms with E-state index in [4.69, 9.17) is 0 Å². The molecule has 0 aliphatic carbocycles. The summed E-state index contributed by atoms with van der Waals surface area (Å²) in [6.07, 6.45) is 6.80. The van der Waals surface area contributed by atoms with Crippen LogP contribution in [-0.2, 0) is 0 Å². The predicted octanol–water partition coefficient (Wildman–Crippen LogP) is 12.4. The second-order valence-electron chi connectivity index (χ2n) is 13.2. The van der Waals surface area contributed by atoms with E-state index in [-0.39, 0.29) is 0 Å². The highest BCUT2D eigenvalue weighted by Gasteiger charge is 2.16. The molecule has 0 radical (unpaired) electrons. The topological polar surface area (TPSA) is 13.2 Å². The van der Waals surface area contributed by atoms with Crippen LogP contribution in [-0.4, -0.2) is 13.2 Å². The lowest BCUT2D eigenvalue weighted by Crippen LogP contribution is -1.96. The van der Waals surface area contributed by atoms with Gasteiger partial charge in [0.25, 0.3) is 0 Å². The number of nitrogens with zero attached hydrogens (tertiary/aromatic N) is 3. The average molecular weight is 652 g/mol. The van der Waals surface area contributed by atoms with Crippen LogP contribution in [0, 0.1) is 0 Å². The second-order valence-corrected chi connectivity index (χ2v) is 13.2. The molecule has 0 N–H and O–H groups in total. The van der Waals surface area contributed by atoms with E-state index in [1.165, 1.54) is 49.9 Å². The van der Waals surface area contributed by atoms with Crippen molar-refractivity contribution in [1.82, 2.24) is 13.2 Å². The van der Waals surface area contributed by atoms with Crippen molar-refractivity contribution in [2.45, 2.75) is 0 Å². The summed E-state index contributed by atoms with van der Waals surface area (Å²) in [7, 11) is 0. The second kappa shape index (κ2) is 11.9. The van der Waals surface area contributed by atoms with Crippen LogP contribution >= 0.6 is 0 Å². The van der Waals surface area contributed by atoms with Crippen molar-refractivity contribution in [1.29, 1.82) is 0 Å². The molecule has 3 nitrogen and oxygen atoms in total. The first-order valence-corrected chi connectivity index (χ1v) is 17.4. The van der Waals surface area contributed by atoms with Crippen molar-refractivity contribution in [3.05, 3.63) is 201 Å². The van der Waals surface area contributed by atoms with Gasteiger partial charge >= 0.3 is 0 Å². The fourth-order valence-corrected chi connectivity index (χ4v) is 7.55. The molecule has 0 atom stereocenters. The number of benzene rings is 4. The highest BCUT2D eigenvalue weighted by molar-refractivity contribution is 5.84. The van der Waals surface area contributed by atoms with Crippen molar-refractivity contribution in [2.24, 2.45) is 0 Å². The zero-order valence-corrected chi connectivity index (χ0v) is 27.9. The SMILES string of the molecule is c1ccc(-c2cc3cccc(-c4cc(-c5cccc6cc(-c7ccccc7)cn56)cc(-c5cccc6cc(-c7ccccc7)cn56)c4)n3c2)cc1. The Balaban J connectivity index is 1.20. The molecule has 0 spiro atoms. The third-order valence-corrected chi connectivity index (χ3v) is 10.0. The summed E-state index contributed by atoms with van der Waals surface area (Å²) in [5.74, 6) is 0. The largest absolute Gasteiger partial charge is 0.316 e. The highest BCUT2D eigenvalue weighted by atomic mass is 14.9. The first-order valence-electron chi connectivity index (χ1n) is 17.4. The molecule has 0 bridgehead atoms. The summed E-state index contributed by atoms with van der Waals surface area (Å²) in [6, 6.07) is 65.6. The molecule has 51 heavy (non-hydrogen) atoms. The van der Waals surface area contributed by atoms with E-state index in [1.807, 2.05) is 0 Å². The number of hydrogen-bond donors (Lipinski definition) is 0. The van der Waals surface area contributed by atoms with E-state index in [9.17, 15) is 0 Å². The van der Waals surface area contributed by atoms with Crippen LogP contribution in [0.5, 0.6) is 0 Å². The van der Waals surface area contributed by atoms with Crippen LogP contribution in [0.25, 0.3) is 83.7 Å². The van der Waals surface area contributed by atoms with Crippen LogP contribution in [0.15, 0.2) is 201 Å². The lowest BCUT2D eigenvalue weighted by molar-refractivity contribution is 1.18. The van der Waals surface area contributed by atoms with Gasteiger partial charge in [-0.2, -0.15) is 0 Å². The molecular weight excluding hydrogens is 619 g/mol. The Kier molecular flexibility index (Phi) is 6.81. The van der Waals surface area contributed by atoms with Gasteiger partial charge in [-0.05, 0) is 106 Å². The van der Waals surface area contributed by atoms with Crippen LogP contribution in [0.3, 0.4) is 0 Å². The number of aromatic nitrogens is 3. The minimum atomic E-state index is 1.15. The third kappa shape index (κ3) is 5.15. The molecule has 4 aromatic carbocycles. The van der Waals surface area contributed by atoms with E-state index in [1.54, 1.807) is 0 Å². The van der Waals surface area contributed by atoms with Crippen molar-refractivity contribution in [3.63, 3.8) is 0 Å². The van der Waals surface area contributed by atoms with Gasteiger partial charge in [-0.15, -0.1) is 0 Å². The third-order valence-electron chi connectivity index (χ3n) is 10.0.